The van der Waals surface area contributed by atoms with Gasteiger partial charge in [0.05, 0.1) is 17.2 Å². The van der Waals surface area contributed by atoms with Gasteiger partial charge in [0, 0.05) is 22.2 Å². The lowest BCUT2D eigenvalue weighted by Gasteiger charge is -2.15. The molecule has 0 aliphatic heterocycles. The van der Waals surface area contributed by atoms with Crippen LogP contribution in [0.5, 0.6) is 5.75 Å². The molecular formula is C20H18N2O6S. The minimum Gasteiger partial charge on any atom is -0.492 e. The summed E-state index contributed by atoms with van der Waals surface area (Å²) in [4.78, 5) is 35.5. The number of thiophene rings is 1. The van der Waals surface area contributed by atoms with Gasteiger partial charge in [-0.2, -0.15) is 0 Å². The normalized spacial score (nSPS) is 11.7. The molecule has 0 bridgehead atoms. The van der Waals surface area contributed by atoms with Crippen molar-refractivity contribution in [3.63, 3.8) is 0 Å². The molecule has 29 heavy (non-hydrogen) atoms. The lowest BCUT2D eigenvalue weighted by atomic mass is 10.2. The van der Waals surface area contributed by atoms with Crippen LogP contribution in [0.2, 0.25) is 0 Å². The summed E-state index contributed by atoms with van der Waals surface area (Å²) in [7, 11) is 0. The third-order valence-corrected chi connectivity index (χ3v) is 5.11. The van der Waals surface area contributed by atoms with Crippen molar-refractivity contribution >= 4 is 44.7 Å². The minimum absolute atomic E-state index is 0.0593. The number of esters is 1. The number of carbonyl (C=O) groups excluding carboxylic acids is 2. The zero-order valence-corrected chi connectivity index (χ0v) is 16.5. The second-order valence-electron chi connectivity index (χ2n) is 6.06. The predicted octanol–water partition coefficient (Wildman–Crippen LogP) is 4.39. The van der Waals surface area contributed by atoms with Crippen molar-refractivity contribution in [2.45, 2.75) is 20.0 Å². The number of ether oxygens (including phenoxy) is 2. The Hall–Kier alpha value is -3.46. The molecule has 0 spiro atoms. The molecule has 0 radical (unpaired) electrons. The maximum Gasteiger partial charge on any atom is 0.349 e. The molecule has 150 valence electrons. The summed E-state index contributed by atoms with van der Waals surface area (Å²) >= 11 is 1.14. The number of rotatable bonds is 7. The van der Waals surface area contributed by atoms with Crippen LogP contribution in [0.3, 0.4) is 0 Å². The molecule has 2 aromatic carbocycles. The van der Waals surface area contributed by atoms with Crippen LogP contribution in [0.15, 0.2) is 48.5 Å². The number of fused-ring (bicyclic) bond motifs is 1. The van der Waals surface area contributed by atoms with Crippen molar-refractivity contribution < 1.29 is 24.0 Å². The Morgan fingerprint density at radius 1 is 1.21 bits per heavy atom. The third kappa shape index (κ3) is 4.69. The van der Waals surface area contributed by atoms with Crippen LogP contribution >= 0.6 is 11.3 Å². The monoisotopic (exact) mass is 414 g/mol. The van der Waals surface area contributed by atoms with Gasteiger partial charge in [-0.25, -0.2) is 4.79 Å². The minimum atomic E-state index is -1.04. The van der Waals surface area contributed by atoms with Crippen molar-refractivity contribution in [1.82, 2.24) is 0 Å². The smallest absolute Gasteiger partial charge is 0.349 e. The molecule has 3 rings (SSSR count). The van der Waals surface area contributed by atoms with Crippen LogP contribution in [0.25, 0.3) is 10.1 Å². The zero-order valence-electron chi connectivity index (χ0n) is 15.7. The molecule has 1 aromatic heterocycles. The van der Waals surface area contributed by atoms with E-state index in [2.05, 4.69) is 5.32 Å². The Labute approximate surface area is 170 Å². The van der Waals surface area contributed by atoms with Crippen molar-refractivity contribution in [3.05, 3.63) is 63.5 Å². The molecule has 0 fully saturated rings. The predicted molar refractivity (Wildman–Crippen MR) is 110 cm³/mol. The molecule has 1 amide bonds. The first kappa shape index (κ1) is 20.3. The molecule has 0 aliphatic carbocycles. The Balaban J connectivity index is 1.69. The van der Waals surface area contributed by atoms with Gasteiger partial charge < -0.3 is 14.8 Å². The van der Waals surface area contributed by atoms with Gasteiger partial charge in [-0.1, -0.05) is 12.1 Å². The van der Waals surface area contributed by atoms with E-state index in [1.165, 1.54) is 25.1 Å². The Morgan fingerprint density at radius 3 is 2.69 bits per heavy atom. The second kappa shape index (κ2) is 8.70. The number of hydrogen-bond donors (Lipinski definition) is 1. The topological polar surface area (TPSA) is 108 Å². The van der Waals surface area contributed by atoms with Crippen molar-refractivity contribution in [2.75, 3.05) is 11.9 Å². The maximum absolute atomic E-state index is 12.4. The van der Waals surface area contributed by atoms with E-state index in [1.807, 2.05) is 6.92 Å². The van der Waals surface area contributed by atoms with E-state index >= 15 is 0 Å². The summed E-state index contributed by atoms with van der Waals surface area (Å²) in [6, 6.07) is 12.8. The molecule has 1 heterocycles. The molecule has 3 aromatic rings. The van der Waals surface area contributed by atoms with Crippen LogP contribution in [0, 0.1) is 10.1 Å². The van der Waals surface area contributed by atoms with Gasteiger partial charge in [-0.3, -0.25) is 14.9 Å². The highest BCUT2D eigenvalue weighted by Gasteiger charge is 2.22. The summed E-state index contributed by atoms with van der Waals surface area (Å²) < 4.78 is 11.4. The van der Waals surface area contributed by atoms with Crippen molar-refractivity contribution in [1.29, 1.82) is 0 Å². The Kier molecular flexibility index (Phi) is 6.08. The first-order valence-corrected chi connectivity index (χ1v) is 9.62. The van der Waals surface area contributed by atoms with E-state index in [-0.39, 0.29) is 10.6 Å². The van der Waals surface area contributed by atoms with Gasteiger partial charge in [0.1, 0.15) is 10.6 Å². The number of nitro groups is 1. The maximum atomic E-state index is 12.4. The molecule has 9 heteroatoms. The number of hydrogen-bond acceptors (Lipinski definition) is 7. The molecule has 8 nitrogen and oxygen atoms in total. The highest BCUT2D eigenvalue weighted by atomic mass is 32.1. The number of nitrogens with zero attached hydrogens (tertiary/aromatic N) is 1. The van der Waals surface area contributed by atoms with Crippen molar-refractivity contribution in [3.8, 4) is 5.75 Å². The number of amides is 1. The van der Waals surface area contributed by atoms with Crippen LogP contribution in [-0.2, 0) is 9.53 Å². The number of para-hydroxylation sites is 2. The number of carbonyl (C=O) groups is 2. The van der Waals surface area contributed by atoms with E-state index in [9.17, 15) is 19.7 Å². The quantitative estimate of drug-likeness (QED) is 0.349. The molecule has 1 unspecified atom stereocenters. The largest absolute Gasteiger partial charge is 0.492 e. The van der Waals surface area contributed by atoms with Gasteiger partial charge >= 0.3 is 5.97 Å². The SMILES string of the molecule is CCOc1ccccc1NC(=O)C(C)OC(=O)c1cc2cc([N+](=O)[O-])ccc2s1. The third-order valence-electron chi connectivity index (χ3n) is 4.01. The van der Waals surface area contributed by atoms with Crippen LogP contribution in [0.1, 0.15) is 23.5 Å². The van der Waals surface area contributed by atoms with E-state index in [1.54, 1.807) is 30.3 Å². The number of nitrogens with one attached hydrogen (secondary N) is 1. The summed E-state index contributed by atoms with van der Waals surface area (Å²) in [6.45, 7) is 3.75. The fourth-order valence-electron chi connectivity index (χ4n) is 2.60. The van der Waals surface area contributed by atoms with Crippen molar-refractivity contribution in [2.24, 2.45) is 0 Å². The van der Waals surface area contributed by atoms with Gasteiger partial charge in [0.15, 0.2) is 6.10 Å². The summed E-state index contributed by atoms with van der Waals surface area (Å²) in [5.41, 5.74) is 0.423. The molecule has 0 saturated carbocycles. The van der Waals surface area contributed by atoms with Gasteiger partial charge in [-0.05, 0) is 38.1 Å². The fraction of sp³-hybridized carbons (Fsp3) is 0.200. The summed E-state index contributed by atoms with van der Waals surface area (Å²) in [6.07, 6.45) is -1.04. The van der Waals surface area contributed by atoms with Crippen LogP contribution in [0.4, 0.5) is 11.4 Å². The van der Waals surface area contributed by atoms with Gasteiger partial charge in [-0.15, -0.1) is 11.3 Å². The molecule has 1 N–H and O–H groups in total. The summed E-state index contributed by atoms with van der Waals surface area (Å²) in [5.74, 6) is -0.648. The molecule has 0 saturated heterocycles. The Bertz CT molecular complexity index is 1080. The number of non-ortho nitro benzene ring substituents is 1. The highest BCUT2D eigenvalue weighted by molar-refractivity contribution is 7.20. The van der Waals surface area contributed by atoms with E-state index in [0.29, 0.717) is 28.1 Å². The highest BCUT2D eigenvalue weighted by Crippen LogP contribution is 2.30. The van der Waals surface area contributed by atoms with E-state index in [4.69, 9.17) is 9.47 Å². The number of anilines is 1. The average molecular weight is 414 g/mol. The second-order valence-corrected chi connectivity index (χ2v) is 7.14. The van der Waals surface area contributed by atoms with Crippen LogP contribution in [-0.4, -0.2) is 29.5 Å². The lowest BCUT2D eigenvalue weighted by Crippen LogP contribution is -2.30. The fourth-order valence-corrected chi connectivity index (χ4v) is 3.53. The summed E-state index contributed by atoms with van der Waals surface area (Å²) in [5, 5.41) is 14.1. The standard InChI is InChI=1S/C20H18N2O6S/c1-3-27-16-7-5-4-6-15(16)21-19(23)12(2)28-20(24)18-11-13-10-14(22(25)26)8-9-17(13)29-18/h4-12H,3H2,1-2H3,(H,21,23). The van der Waals surface area contributed by atoms with Crippen LogP contribution < -0.4 is 10.1 Å². The molecule has 0 aliphatic rings. The number of nitro benzene ring substituents is 1. The first-order chi connectivity index (χ1) is 13.9. The average Bonchev–Trinajstić information content (AvgIpc) is 3.13. The van der Waals surface area contributed by atoms with Gasteiger partial charge in [0.25, 0.3) is 11.6 Å². The zero-order chi connectivity index (χ0) is 21.0. The van der Waals surface area contributed by atoms with E-state index < -0.39 is 22.9 Å². The van der Waals surface area contributed by atoms with Gasteiger partial charge in [0.2, 0.25) is 0 Å². The molecular weight excluding hydrogens is 396 g/mol. The lowest BCUT2D eigenvalue weighted by molar-refractivity contribution is -0.384. The Morgan fingerprint density at radius 2 is 1.97 bits per heavy atom. The molecule has 1 atom stereocenters. The number of benzene rings is 2. The van der Waals surface area contributed by atoms with E-state index in [0.717, 1.165) is 11.3 Å². The first-order valence-electron chi connectivity index (χ1n) is 8.80.